The van der Waals surface area contributed by atoms with E-state index >= 15 is 0 Å². The first kappa shape index (κ1) is 45.9. The summed E-state index contributed by atoms with van der Waals surface area (Å²) < 4.78 is 44.1. The summed E-state index contributed by atoms with van der Waals surface area (Å²) in [5.74, 6) is -3.82. The highest BCUT2D eigenvalue weighted by atomic mass is 16.7. The number of esters is 1. The molecule has 53 heavy (non-hydrogen) atoms. The van der Waals surface area contributed by atoms with Gasteiger partial charge in [-0.2, -0.15) is 0 Å². The first-order valence-corrected chi connectivity index (χ1v) is 19.1. The lowest BCUT2D eigenvalue weighted by molar-refractivity contribution is -0.319. The number of hydrogen-bond donors (Lipinski definition) is 5. The minimum Gasteiger partial charge on any atom is -0.459 e. The standard InChI is InChI=1S/C38H70N2O13/c1-15-26-38(10,45)31(42)21(4)28(39-46)19(2)17-37(9,48-14)33(53-35-29(41)25(40(11)12)16-20(3)49-35)22(5)30(23(6)34(44)51-26)52-27-18-36(8,47-13)32(43)24(7)50-27/h19-27,29-33,35,41-43,45-46H,15-18H2,1-14H3/t19-,20?,21+,22+,23-,24?,25?,26-,27?,29?,30+,31-,32?,33-,35?,36?,37-,38-/m1/s1. The first-order valence-electron chi connectivity index (χ1n) is 19.1. The first-order chi connectivity index (χ1) is 24.5. The lowest BCUT2D eigenvalue weighted by Crippen LogP contribution is -2.61. The quantitative estimate of drug-likeness (QED) is 0.137. The summed E-state index contributed by atoms with van der Waals surface area (Å²) in [6, 6.07) is -0.282. The van der Waals surface area contributed by atoms with Gasteiger partial charge in [-0.1, -0.05) is 32.9 Å². The number of rotatable bonds is 8. The third-order valence-corrected chi connectivity index (χ3v) is 12.4. The minimum atomic E-state index is -1.94. The predicted molar refractivity (Wildman–Crippen MR) is 195 cm³/mol. The maximum Gasteiger partial charge on any atom is 0.311 e. The van der Waals surface area contributed by atoms with Gasteiger partial charge in [0.2, 0.25) is 0 Å². The number of ether oxygens (including phenoxy) is 7. The average Bonchev–Trinajstić information content (AvgIpc) is 3.10. The van der Waals surface area contributed by atoms with Crippen molar-refractivity contribution in [1.82, 2.24) is 4.90 Å². The van der Waals surface area contributed by atoms with Gasteiger partial charge in [-0.05, 0) is 74.9 Å². The summed E-state index contributed by atoms with van der Waals surface area (Å²) in [6.07, 6.45) is -8.53. The normalized spacial score (nSPS) is 49.1. The number of oxime groups is 1. The van der Waals surface area contributed by atoms with E-state index in [4.69, 9.17) is 33.2 Å². The summed E-state index contributed by atoms with van der Waals surface area (Å²) >= 11 is 0. The van der Waals surface area contributed by atoms with Gasteiger partial charge in [-0.15, -0.1) is 0 Å². The molecular weight excluding hydrogens is 692 g/mol. The van der Waals surface area contributed by atoms with Crippen molar-refractivity contribution in [2.24, 2.45) is 28.8 Å². The average molecular weight is 763 g/mol. The Labute approximate surface area is 316 Å². The zero-order chi connectivity index (χ0) is 40.4. The highest BCUT2D eigenvalue weighted by Crippen LogP contribution is 2.42. The van der Waals surface area contributed by atoms with Gasteiger partial charge in [0.05, 0.1) is 53.4 Å². The van der Waals surface area contributed by atoms with Crippen molar-refractivity contribution in [1.29, 1.82) is 0 Å². The van der Waals surface area contributed by atoms with Crippen LogP contribution in [0.3, 0.4) is 0 Å². The van der Waals surface area contributed by atoms with E-state index < -0.39 is 102 Å². The second-order valence-electron chi connectivity index (χ2n) is 16.8. The Kier molecular flexibility index (Phi) is 15.7. The Morgan fingerprint density at radius 3 is 2.02 bits per heavy atom. The fourth-order valence-corrected chi connectivity index (χ4v) is 8.78. The van der Waals surface area contributed by atoms with Gasteiger partial charge >= 0.3 is 5.97 Å². The van der Waals surface area contributed by atoms with E-state index in [9.17, 15) is 30.4 Å². The van der Waals surface area contributed by atoms with E-state index in [1.165, 1.54) is 21.1 Å². The summed E-state index contributed by atoms with van der Waals surface area (Å²) in [7, 11) is 6.80. The molecule has 3 heterocycles. The number of cyclic esters (lactones) is 1. The molecule has 310 valence electrons. The number of carbonyl (C=O) groups excluding carboxylic acids is 1. The maximum atomic E-state index is 14.2. The number of aliphatic hydroxyl groups is 4. The van der Waals surface area contributed by atoms with Crippen LogP contribution in [-0.2, 0) is 38.0 Å². The molecule has 0 aromatic carbocycles. The summed E-state index contributed by atoms with van der Waals surface area (Å²) in [4.78, 5) is 16.2. The molecule has 3 aliphatic rings. The predicted octanol–water partition coefficient (Wildman–Crippen LogP) is 2.70. The molecule has 0 spiro atoms. The Morgan fingerprint density at radius 2 is 1.49 bits per heavy atom. The second-order valence-corrected chi connectivity index (χ2v) is 16.8. The highest BCUT2D eigenvalue weighted by Gasteiger charge is 2.54. The van der Waals surface area contributed by atoms with Crippen LogP contribution < -0.4 is 0 Å². The third-order valence-electron chi connectivity index (χ3n) is 12.4. The molecule has 3 rings (SSSR count). The van der Waals surface area contributed by atoms with Gasteiger partial charge in [-0.25, -0.2) is 0 Å². The topological polar surface area (TPSA) is 198 Å². The van der Waals surface area contributed by atoms with Crippen molar-refractivity contribution in [2.75, 3.05) is 28.3 Å². The van der Waals surface area contributed by atoms with Crippen LogP contribution in [0.25, 0.3) is 0 Å². The number of aliphatic hydroxyl groups excluding tert-OH is 3. The molecule has 8 unspecified atom stereocenters. The van der Waals surface area contributed by atoms with Crippen molar-refractivity contribution in [2.45, 2.75) is 179 Å². The van der Waals surface area contributed by atoms with Gasteiger partial charge in [0.15, 0.2) is 12.6 Å². The molecule has 0 aliphatic carbocycles. The zero-order valence-corrected chi connectivity index (χ0v) is 34.4. The number of methoxy groups -OCH3 is 2. The van der Waals surface area contributed by atoms with Crippen molar-refractivity contribution >= 4 is 11.7 Å². The molecule has 3 saturated heterocycles. The Hall–Kier alpha value is -1.50. The number of nitrogens with zero attached hydrogens (tertiary/aromatic N) is 2. The zero-order valence-electron chi connectivity index (χ0n) is 34.4. The molecule has 15 nitrogen and oxygen atoms in total. The van der Waals surface area contributed by atoms with Crippen molar-refractivity contribution in [3.8, 4) is 0 Å². The molecule has 0 saturated carbocycles. The SMILES string of the molecule is CC[C@H]1OC(=O)[C@H](C)[C@@H](OC2CC(C)(OC)C(O)C(C)O2)[C@H](C)[C@@H](OC2OC(C)CC(N(C)C)C2O)[C@](C)(OC)C[C@@H](C)C(=NO)[C@H](C)[C@@H](O)[C@]1(C)O. The molecule has 0 aromatic heterocycles. The van der Waals surface area contributed by atoms with Crippen LogP contribution >= 0.6 is 0 Å². The molecule has 0 aromatic rings. The largest absolute Gasteiger partial charge is 0.459 e. The van der Waals surface area contributed by atoms with Crippen LogP contribution in [-0.4, -0.2) is 155 Å². The van der Waals surface area contributed by atoms with E-state index in [0.717, 1.165) is 0 Å². The summed E-state index contributed by atoms with van der Waals surface area (Å²) in [6.45, 7) is 17.3. The van der Waals surface area contributed by atoms with Gasteiger partial charge in [0.1, 0.15) is 23.9 Å². The molecule has 3 aliphatic heterocycles. The monoisotopic (exact) mass is 762 g/mol. The second kappa shape index (κ2) is 18.2. The van der Waals surface area contributed by atoms with Crippen LogP contribution in [0, 0.1) is 23.7 Å². The van der Waals surface area contributed by atoms with Crippen LogP contribution in [0.5, 0.6) is 0 Å². The van der Waals surface area contributed by atoms with Gasteiger partial charge in [-0.3, -0.25) is 4.79 Å². The van der Waals surface area contributed by atoms with E-state index in [2.05, 4.69) is 5.16 Å². The molecule has 0 radical (unpaired) electrons. The Balaban J connectivity index is 2.25. The van der Waals surface area contributed by atoms with E-state index in [0.29, 0.717) is 6.42 Å². The van der Waals surface area contributed by atoms with E-state index in [-0.39, 0.29) is 37.1 Å². The number of hydrogen-bond acceptors (Lipinski definition) is 15. The van der Waals surface area contributed by atoms with Crippen molar-refractivity contribution in [3.05, 3.63) is 0 Å². The van der Waals surface area contributed by atoms with Crippen molar-refractivity contribution < 1.29 is 63.6 Å². The number of likely N-dealkylation sites (N-methyl/N-ethyl adjacent to an activating group) is 1. The highest BCUT2D eigenvalue weighted by molar-refractivity contribution is 5.88. The summed E-state index contributed by atoms with van der Waals surface area (Å²) in [5.41, 5.74) is -3.99. The molecule has 0 amide bonds. The van der Waals surface area contributed by atoms with Gasteiger partial charge in [0.25, 0.3) is 0 Å². The van der Waals surface area contributed by atoms with Crippen LogP contribution in [0.2, 0.25) is 0 Å². The van der Waals surface area contributed by atoms with E-state index in [1.54, 1.807) is 34.6 Å². The van der Waals surface area contributed by atoms with Crippen LogP contribution in [0.1, 0.15) is 94.9 Å². The molecule has 18 atom stereocenters. The molecule has 3 fully saturated rings. The van der Waals surface area contributed by atoms with Crippen molar-refractivity contribution in [3.63, 3.8) is 0 Å². The molecule has 5 N–H and O–H groups in total. The van der Waals surface area contributed by atoms with Gasteiger partial charge < -0.3 is 63.7 Å². The third kappa shape index (κ3) is 9.73. The minimum absolute atomic E-state index is 0.128. The fraction of sp³-hybridized carbons (Fsp3) is 0.947. The van der Waals surface area contributed by atoms with Gasteiger partial charge in [0, 0.05) is 44.4 Å². The maximum absolute atomic E-state index is 14.2. The van der Waals surface area contributed by atoms with Crippen LogP contribution in [0.4, 0.5) is 0 Å². The molecule has 15 heteroatoms. The Morgan fingerprint density at radius 1 is 0.887 bits per heavy atom. The van der Waals surface area contributed by atoms with Crippen LogP contribution in [0.15, 0.2) is 5.16 Å². The summed E-state index contributed by atoms with van der Waals surface area (Å²) in [5, 5.41) is 59.8. The number of carbonyl (C=O) groups is 1. The lowest BCUT2D eigenvalue weighted by Gasteiger charge is -2.50. The fourth-order valence-electron chi connectivity index (χ4n) is 8.78. The Bertz CT molecular complexity index is 1220. The molecular formula is C38H70N2O13. The smallest absolute Gasteiger partial charge is 0.311 e. The van der Waals surface area contributed by atoms with E-state index in [1.807, 2.05) is 46.7 Å². The molecule has 0 bridgehead atoms. The lowest BCUT2D eigenvalue weighted by atomic mass is 9.73.